The first-order valence-corrected chi connectivity index (χ1v) is 25.6. The zero-order chi connectivity index (χ0) is 48.7. The summed E-state index contributed by atoms with van der Waals surface area (Å²) in [5.74, 6) is -1.79. The summed E-state index contributed by atoms with van der Waals surface area (Å²) in [6.45, 7) is 8.76. The first kappa shape index (κ1) is 54.1. The Balaban J connectivity index is 1.36. The van der Waals surface area contributed by atoms with Crippen molar-refractivity contribution in [3.8, 4) is 0 Å². The van der Waals surface area contributed by atoms with Crippen LogP contribution in [0.4, 0.5) is 10.3 Å². The Hall–Kier alpha value is -3.82. The lowest BCUT2D eigenvalue weighted by Crippen LogP contribution is -2.46. The van der Waals surface area contributed by atoms with Gasteiger partial charge in [-0.3, -0.25) is 38.1 Å². The van der Waals surface area contributed by atoms with E-state index in [4.69, 9.17) is 33.7 Å². The van der Waals surface area contributed by atoms with Gasteiger partial charge in [0.1, 0.15) is 18.3 Å². The maximum absolute atomic E-state index is 16.7. The average molecular weight is 968 g/mol. The van der Waals surface area contributed by atoms with E-state index in [-0.39, 0.29) is 49.3 Å². The number of aromatic nitrogens is 6. The second-order valence-corrected chi connectivity index (χ2v) is 19.6. The molecule has 1 amide bonds. The smallest absolute Gasteiger partial charge is 0.330 e. The van der Waals surface area contributed by atoms with Gasteiger partial charge in [0, 0.05) is 44.8 Å². The number of fused-ring (bicyclic) bond motifs is 1. The van der Waals surface area contributed by atoms with E-state index in [1.807, 2.05) is 0 Å². The molecule has 0 aromatic carbocycles. The van der Waals surface area contributed by atoms with Gasteiger partial charge in [-0.25, -0.2) is 14.2 Å². The minimum absolute atomic E-state index is 0.0307. The Morgan fingerprint density at radius 3 is 2.09 bits per heavy atom. The van der Waals surface area contributed by atoms with Crippen LogP contribution in [0, 0.1) is 5.92 Å². The highest BCUT2D eigenvalue weighted by Crippen LogP contribution is 2.47. The number of aromatic amines is 2. The molecular formula is C45H73FN8O12P-. The van der Waals surface area contributed by atoms with Crippen LogP contribution in [0.15, 0.2) is 33.0 Å². The van der Waals surface area contributed by atoms with Crippen molar-refractivity contribution in [2.24, 2.45) is 5.92 Å². The summed E-state index contributed by atoms with van der Waals surface area (Å²) in [6.07, 6.45) is 8.89. The van der Waals surface area contributed by atoms with Gasteiger partial charge in [0.25, 0.3) is 18.9 Å². The summed E-state index contributed by atoms with van der Waals surface area (Å²) in [5, 5.41) is 0. The Labute approximate surface area is 391 Å². The van der Waals surface area contributed by atoms with E-state index in [0.717, 1.165) is 48.9 Å². The number of nitrogens with zero attached hydrogens (tertiary/aromatic N) is 5. The average Bonchev–Trinajstić information content (AvgIpc) is 3.92. The van der Waals surface area contributed by atoms with Crippen molar-refractivity contribution in [2.75, 3.05) is 32.5 Å². The van der Waals surface area contributed by atoms with Gasteiger partial charge in [-0.05, 0) is 34.1 Å². The molecule has 378 valence electrons. The topological polar surface area (TPSA) is 260 Å². The number of unbranched alkanes of at least 4 members (excludes halogenated alkanes) is 14. The number of imidazole rings is 1. The first-order chi connectivity index (χ1) is 32.0. The molecule has 2 fully saturated rings. The van der Waals surface area contributed by atoms with Gasteiger partial charge in [-0.1, -0.05) is 96.8 Å². The number of rotatable bonds is 30. The monoisotopic (exact) mass is 968 g/mol. The van der Waals surface area contributed by atoms with Crippen LogP contribution >= 0.6 is 7.82 Å². The van der Waals surface area contributed by atoms with Crippen molar-refractivity contribution in [3.63, 3.8) is 0 Å². The van der Waals surface area contributed by atoms with E-state index in [9.17, 15) is 28.6 Å². The van der Waals surface area contributed by atoms with Crippen LogP contribution in [0.3, 0.4) is 0 Å². The van der Waals surface area contributed by atoms with E-state index in [1.165, 1.54) is 94.5 Å². The Morgan fingerprint density at radius 1 is 0.896 bits per heavy atom. The predicted molar refractivity (Wildman–Crippen MR) is 247 cm³/mol. The SMILES string of the molecule is CCCCCCCCCCCCCCCCCN(C[C@H]1O[C@@H](n2cnc3c(=O)[nH]c(N)nc32)C(OC)C1OP(=O)([O-])OC(C)C)C(=O)CC1C(F)[C@H](n2ccc(=O)[nH]c2=O)O[C@@H]1COC(C)C. The van der Waals surface area contributed by atoms with E-state index in [2.05, 4.69) is 26.9 Å². The molecule has 4 N–H and O–H groups in total. The van der Waals surface area contributed by atoms with E-state index >= 15 is 4.39 Å². The Kier molecular flexibility index (Phi) is 21.2. The standard InChI is InChI=1S/C45H74FN8O12P/c1-7-8-9-10-11-12-13-14-15-16-17-18-19-20-21-23-52(35(56)25-31-33(27-62-29(2)3)64-42(36(31)46)53-24-22-34(55)49-45(53)58)26-32-38(66-67(59,60)65-30(4)5)39(61-6)43(63-32)54-28-48-37-40(54)50-44(47)51-41(37)57/h22,24,28-33,36,38-39,42-43H,7-21,23,25-27H2,1-6H3,(H,59,60)(H,49,55,58)(H3,47,50,51,57)/p-1/t31?,32-,33-,36?,38?,39?,42-,43-/m1/s1. The van der Waals surface area contributed by atoms with Crippen LogP contribution in [0.2, 0.25) is 0 Å². The second-order valence-electron chi connectivity index (χ2n) is 18.3. The molecule has 3 aromatic heterocycles. The molecule has 0 spiro atoms. The largest absolute Gasteiger partial charge is 0.756 e. The number of phosphoric acid groups is 1. The van der Waals surface area contributed by atoms with E-state index in [0.29, 0.717) is 6.42 Å². The predicted octanol–water partition coefficient (Wildman–Crippen LogP) is 5.81. The molecule has 9 atom stereocenters. The Morgan fingerprint density at radius 2 is 1.51 bits per heavy atom. The van der Waals surface area contributed by atoms with Crippen LogP contribution in [0.5, 0.6) is 0 Å². The van der Waals surface area contributed by atoms with Crippen molar-refractivity contribution < 1.29 is 46.6 Å². The number of anilines is 1. The van der Waals surface area contributed by atoms with Gasteiger partial charge >= 0.3 is 5.69 Å². The van der Waals surface area contributed by atoms with Crippen LogP contribution in [0.1, 0.15) is 150 Å². The van der Waals surface area contributed by atoms with Gasteiger partial charge in [0.15, 0.2) is 29.8 Å². The van der Waals surface area contributed by atoms with Crippen molar-refractivity contribution in [2.45, 2.75) is 193 Å². The molecule has 22 heteroatoms. The molecule has 20 nitrogen and oxygen atoms in total. The van der Waals surface area contributed by atoms with Gasteiger partial charge in [0.05, 0.1) is 31.2 Å². The maximum atomic E-state index is 16.7. The molecule has 5 rings (SSSR count). The number of methoxy groups -OCH3 is 1. The van der Waals surface area contributed by atoms with E-state index < -0.39 is 85.6 Å². The summed E-state index contributed by atoms with van der Waals surface area (Å²) in [6, 6.07) is 1.08. The molecule has 2 aliphatic heterocycles. The van der Waals surface area contributed by atoms with Gasteiger partial charge in [0.2, 0.25) is 11.9 Å². The van der Waals surface area contributed by atoms with Crippen molar-refractivity contribution >= 4 is 30.8 Å². The lowest BCUT2D eigenvalue weighted by atomic mass is 9.94. The number of nitrogen functional groups attached to an aromatic ring is 1. The van der Waals surface area contributed by atoms with Crippen LogP contribution < -0.4 is 27.4 Å². The zero-order valence-corrected chi connectivity index (χ0v) is 40.9. The summed E-state index contributed by atoms with van der Waals surface area (Å²) in [4.78, 5) is 79.9. The number of carbonyl (C=O) groups is 1. The maximum Gasteiger partial charge on any atom is 0.330 e. The van der Waals surface area contributed by atoms with Crippen molar-refractivity contribution in [1.29, 1.82) is 0 Å². The highest BCUT2D eigenvalue weighted by Gasteiger charge is 2.51. The summed E-state index contributed by atoms with van der Waals surface area (Å²) < 4.78 is 67.5. The fraction of sp³-hybridized carbons (Fsp3) is 0.778. The highest BCUT2D eigenvalue weighted by molar-refractivity contribution is 7.45. The third-order valence-electron chi connectivity index (χ3n) is 12.3. The number of hydrogen-bond donors (Lipinski definition) is 3. The van der Waals surface area contributed by atoms with Crippen LogP contribution in [0.25, 0.3) is 11.2 Å². The van der Waals surface area contributed by atoms with Crippen LogP contribution in [-0.2, 0) is 37.4 Å². The number of phosphoric ester groups is 1. The lowest BCUT2D eigenvalue weighted by molar-refractivity contribution is -0.236. The minimum atomic E-state index is -5.03. The zero-order valence-electron chi connectivity index (χ0n) is 40.0. The molecule has 0 radical (unpaired) electrons. The molecule has 0 aliphatic carbocycles. The molecule has 0 bridgehead atoms. The number of amides is 1. The molecule has 5 heterocycles. The van der Waals surface area contributed by atoms with Gasteiger partial charge in [-0.2, -0.15) is 4.98 Å². The summed E-state index contributed by atoms with van der Waals surface area (Å²) in [5.41, 5.74) is 3.71. The molecule has 2 aliphatic rings. The molecule has 3 aromatic rings. The number of hydrogen-bond acceptors (Lipinski definition) is 15. The van der Waals surface area contributed by atoms with Crippen molar-refractivity contribution in [3.05, 3.63) is 49.8 Å². The number of carbonyl (C=O) groups excluding carboxylic acids is 1. The number of nitrogens with one attached hydrogen (secondary N) is 2. The van der Waals surface area contributed by atoms with E-state index in [1.54, 1.807) is 13.8 Å². The van der Waals surface area contributed by atoms with Gasteiger partial charge in [-0.15, -0.1) is 0 Å². The quantitative estimate of drug-likeness (QED) is 0.0526. The molecule has 67 heavy (non-hydrogen) atoms. The lowest BCUT2D eigenvalue weighted by Gasteiger charge is -2.34. The summed E-state index contributed by atoms with van der Waals surface area (Å²) >= 11 is 0. The first-order valence-electron chi connectivity index (χ1n) is 24.1. The normalized spacial score (nSPS) is 24.0. The number of alkyl halides is 1. The van der Waals surface area contributed by atoms with Gasteiger partial charge < -0.3 is 43.5 Å². The molecular weight excluding hydrogens is 895 g/mol. The number of H-pyrrole nitrogens is 2. The fourth-order valence-corrected chi connectivity index (χ4v) is 9.99. The second kappa shape index (κ2) is 26.2. The van der Waals surface area contributed by atoms with Crippen LogP contribution in [-0.4, -0.2) is 109 Å². The number of ether oxygens (including phenoxy) is 4. The number of nitrogens with two attached hydrogens (primary N) is 1. The number of halogens is 1. The molecule has 5 unspecified atom stereocenters. The summed E-state index contributed by atoms with van der Waals surface area (Å²) in [7, 11) is -3.70. The molecule has 0 saturated carbocycles. The third kappa shape index (κ3) is 15.6. The third-order valence-corrected chi connectivity index (χ3v) is 13.4. The van der Waals surface area contributed by atoms with Crippen molar-refractivity contribution in [1.82, 2.24) is 34.0 Å². The highest BCUT2D eigenvalue weighted by atomic mass is 31.2. The Bertz CT molecular complexity index is 2220. The minimum Gasteiger partial charge on any atom is -0.756 e. The molecule has 2 saturated heterocycles. The fourth-order valence-electron chi connectivity index (χ4n) is 8.87.